The third-order valence-corrected chi connectivity index (χ3v) is 2.05. The van der Waals surface area contributed by atoms with E-state index in [2.05, 4.69) is 10.6 Å². The molecule has 0 atom stereocenters. The number of carbonyl (C=O) groups is 2. The molecule has 1 aromatic rings. The highest BCUT2D eigenvalue weighted by Crippen LogP contribution is 2.09. The molecule has 0 radical (unpaired) electrons. The van der Waals surface area contributed by atoms with E-state index in [1.165, 1.54) is 19.2 Å². The largest absolute Gasteiger partial charge is 0.358 e. The summed E-state index contributed by atoms with van der Waals surface area (Å²) >= 11 is 0. The van der Waals surface area contributed by atoms with E-state index in [9.17, 15) is 14.0 Å². The quantitative estimate of drug-likeness (QED) is 0.790. The Hall–Kier alpha value is -1.91. The zero-order chi connectivity index (χ0) is 12.1. The Kier molecular flexibility index (Phi) is 3.99. The molecule has 0 fully saturated rings. The molecule has 0 spiro atoms. The summed E-state index contributed by atoms with van der Waals surface area (Å²) in [6, 6.07) is 4.24. The first-order valence-corrected chi connectivity index (χ1v) is 4.79. The van der Waals surface area contributed by atoms with Crippen molar-refractivity contribution in [3.8, 4) is 0 Å². The van der Waals surface area contributed by atoms with Crippen LogP contribution < -0.4 is 10.6 Å². The molecule has 1 rings (SSSR count). The van der Waals surface area contributed by atoms with Crippen molar-refractivity contribution >= 4 is 11.8 Å². The standard InChI is InChI=1S/C11H13FN2O2/c1-7-3-4-9(12)8(5-7)11(16)14-6-10(15)13-2/h3-5H,6H2,1-2H3,(H,13,15)(H,14,16). The van der Waals surface area contributed by atoms with Crippen molar-refractivity contribution in [3.05, 3.63) is 35.1 Å². The van der Waals surface area contributed by atoms with Crippen LogP contribution in [0.25, 0.3) is 0 Å². The maximum absolute atomic E-state index is 13.3. The first-order valence-electron chi connectivity index (χ1n) is 4.79. The molecule has 0 saturated carbocycles. The zero-order valence-electron chi connectivity index (χ0n) is 9.13. The Bertz CT molecular complexity index is 418. The van der Waals surface area contributed by atoms with Crippen LogP contribution in [0.4, 0.5) is 4.39 Å². The van der Waals surface area contributed by atoms with Crippen LogP contribution in [0.15, 0.2) is 18.2 Å². The van der Waals surface area contributed by atoms with Gasteiger partial charge in [-0.25, -0.2) is 4.39 Å². The second-order valence-electron chi connectivity index (χ2n) is 3.34. The molecule has 0 bridgehead atoms. The van der Waals surface area contributed by atoms with E-state index in [1.54, 1.807) is 13.0 Å². The average molecular weight is 224 g/mol. The van der Waals surface area contributed by atoms with Gasteiger partial charge in [0.05, 0.1) is 12.1 Å². The molecule has 0 aliphatic heterocycles. The number of aryl methyl sites for hydroxylation is 1. The van der Waals surface area contributed by atoms with E-state index in [1.807, 2.05) is 0 Å². The van der Waals surface area contributed by atoms with Crippen molar-refractivity contribution in [2.75, 3.05) is 13.6 Å². The topological polar surface area (TPSA) is 58.2 Å². The summed E-state index contributed by atoms with van der Waals surface area (Å²) in [6.45, 7) is 1.59. The average Bonchev–Trinajstić information content (AvgIpc) is 2.28. The molecule has 5 heteroatoms. The number of likely N-dealkylation sites (N-methyl/N-ethyl adjacent to an activating group) is 1. The molecular formula is C11H13FN2O2. The summed E-state index contributed by atoms with van der Waals surface area (Å²) in [7, 11) is 1.46. The monoisotopic (exact) mass is 224 g/mol. The molecule has 1 aromatic carbocycles. The Morgan fingerprint density at radius 1 is 1.38 bits per heavy atom. The van der Waals surface area contributed by atoms with E-state index in [0.717, 1.165) is 5.56 Å². The maximum Gasteiger partial charge on any atom is 0.254 e. The lowest BCUT2D eigenvalue weighted by atomic mass is 10.1. The highest BCUT2D eigenvalue weighted by molar-refractivity contribution is 5.96. The molecule has 2 N–H and O–H groups in total. The van der Waals surface area contributed by atoms with Crippen molar-refractivity contribution < 1.29 is 14.0 Å². The van der Waals surface area contributed by atoms with Gasteiger partial charge in [0.2, 0.25) is 5.91 Å². The fraction of sp³-hybridized carbons (Fsp3) is 0.273. The lowest BCUT2D eigenvalue weighted by molar-refractivity contribution is -0.119. The maximum atomic E-state index is 13.3. The fourth-order valence-electron chi connectivity index (χ4n) is 1.16. The Morgan fingerprint density at radius 3 is 2.69 bits per heavy atom. The van der Waals surface area contributed by atoms with Crippen molar-refractivity contribution in [2.45, 2.75) is 6.92 Å². The third kappa shape index (κ3) is 3.05. The highest BCUT2D eigenvalue weighted by atomic mass is 19.1. The summed E-state index contributed by atoms with van der Waals surface area (Å²) < 4.78 is 13.3. The molecule has 4 nitrogen and oxygen atoms in total. The number of hydrogen-bond donors (Lipinski definition) is 2. The van der Waals surface area contributed by atoms with E-state index in [0.29, 0.717) is 0 Å². The molecule has 0 aliphatic carbocycles. The van der Waals surface area contributed by atoms with Crippen LogP contribution in [-0.2, 0) is 4.79 Å². The van der Waals surface area contributed by atoms with Crippen LogP contribution in [0.3, 0.4) is 0 Å². The first-order chi connectivity index (χ1) is 7.54. The molecule has 0 aromatic heterocycles. The number of nitrogens with one attached hydrogen (secondary N) is 2. The van der Waals surface area contributed by atoms with Crippen LogP contribution in [0, 0.1) is 12.7 Å². The molecular weight excluding hydrogens is 211 g/mol. The predicted octanol–water partition coefficient (Wildman–Crippen LogP) is 0.610. The van der Waals surface area contributed by atoms with Crippen LogP contribution in [-0.4, -0.2) is 25.4 Å². The summed E-state index contributed by atoms with van der Waals surface area (Å²) in [5.41, 5.74) is 0.732. The molecule has 0 unspecified atom stereocenters. The molecule has 2 amide bonds. The fourth-order valence-corrected chi connectivity index (χ4v) is 1.16. The summed E-state index contributed by atoms with van der Waals surface area (Å²) in [5.74, 6) is -1.52. The van der Waals surface area contributed by atoms with Gasteiger partial charge in [-0.05, 0) is 19.1 Å². The highest BCUT2D eigenvalue weighted by Gasteiger charge is 2.12. The van der Waals surface area contributed by atoms with Crippen molar-refractivity contribution in [2.24, 2.45) is 0 Å². The van der Waals surface area contributed by atoms with Gasteiger partial charge < -0.3 is 10.6 Å². The second-order valence-corrected chi connectivity index (χ2v) is 3.34. The van der Waals surface area contributed by atoms with Crippen LogP contribution >= 0.6 is 0 Å². The molecule has 0 aliphatic rings. The Labute approximate surface area is 92.8 Å². The minimum atomic E-state index is -0.597. The van der Waals surface area contributed by atoms with Crippen molar-refractivity contribution in [1.29, 1.82) is 0 Å². The van der Waals surface area contributed by atoms with E-state index in [-0.39, 0.29) is 18.0 Å². The first kappa shape index (κ1) is 12.2. The lowest BCUT2D eigenvalue weighted by Gasteiger charge is -2.05. The van der Waals surface area contributed by atoms with E-state index in [4.69, 9.17) is 0 Å². The molecule has 0 heterocycles. The number of amides is 2. The lowest BCUT2D eigenvalue weighted by Crippen LogP contribution is -2.35. The number of hydrogen-bond acceptors (Lipinski definition) is 2. The van der Waals surface area contributed by atoms with Crippen molar-refractivity contribution in [3.63, 3.8) is 0 Å². The van der Waals surface area contributed by atoms with Gasteiger partial charge in [-0.1, -0.05) is 11.6 Å². The zero-order valence-corrected chi connectivity index (χ0v) is 9.13. The number of carbonyl (C=O) groups excluding carboxylic acids is 2. The second kappa shape index (κ2) is 5.25. The van der Waals surface area contributed by atoms with E-state index >= 15 is 0 Å². The summed E-state index contributed by atoms with van der Waals surface area (Å²) in [6.07, 6.45) is 0. The molecule has 0 saturated heterocycles. The van der Waals surface area contributed by atoms with Gasteiger partial charge in [0, 0.05) is 7.05 Å². The van der Waals surface area contributed by atoms with Gasteiger partial charge in [0.25, 0.3) is 5.91 Å². The summed E-state index contributed by atoms with van der Waals surface area (Å²) in [5, 5.41) is 4.68. The minimum absolute atomic E-state index is 0.0519. The van der Waals surface area contributed by atoms with Crippen molar-refractivity contribution in [1.82, 2.24) is 10.6 Å². The van der Waals surface area contributed by atoms with E-state index < -0.39 is 11.7 Å². The Balaban J connectivity index is 2.73. The number of rotatable bonds is 3. The smallest absolute Gasteiger partial charge is 0.254 e. The SMILES string of the molecule is CNC(=O)CNC(=O)c1cc(C)ccc1F. The van der Waals surface area contributed by atoms with Gasteiger partial charge in [-0.3, -0.25) is 9.59 Å². The molecule has 86 valence electrons. The number of benzene rings is 1. The molecule has 16 heavy (non-hydrogen) atoms. The van der Waals surface area contributed by atoms with Gasteiger partial charge >= 0.3 is 0 Å². The normalized spacial score (nSPS) is 9.69. The summed E-state index contributed by atoms with van der Waals surface area (Å²) in [4.78, 5) is 22.4. The number of halogens is 1. The minimum Gasteiger partial charge on any atom is -0.358 e. The third-order valence-electron chi connectivity index (χ3n) is 2.05. The van der Waals surface area contributed by atoms with Crippen LogP contribution in [0.1, 0.15) is 15.9 Å². The van der Waals surface area contributed by atoms with Gasteiger partial charge in [0.15, 0.2) is 0 Å². The Morgan fingerprint density at radius 2 is 2.06 bits per heavy atom. The van der Waals surface area contributed by atoms with Gasteiger partial charge in [0.1, 0.15) is 5.82 Å². The van der Waals surface area contributed by atoms with Crippen LogP contribution in [0.2, 0.25) is 0 Å². The van der Waals surface area contributed by atoms with Gasteiger partial charge in [-0.15, -0.1) is 0 Å². The predicted molar refractivity (Wildman–Crippen MR) is 57.5 cm³/mol. The van der Waals surface area contributed by atoms with Gasteiger partial charge in [-0.2, -0.15) is 0 Å². The van der Waals surface area contributed by atoms with Crippen LogP contribution in [0.5, 0.6) is 0 Å².